The van der Waals surface area contributed by atoms with Gasteiger partial charge >= 0.3 is 0 Å². The molecule has 1 aromatic rings. The second-order valence-electron chi connectivity index (χ2n) is 14.7. The molecule has 0 aliphatic rings. The zero-order chi connectivity index (χ0) is 37.4. The molecule has 0 aromatic carbocycles. The molecule has 0 saturated heterocycles. The van der Waals surface area contributed by atoms with Crippen LogP contribution in [0.5, 0.6) is 0 Å². The van der Waals surface area contributed by atoms with Crippen molar-refractivity contribution in [2.45, 2.75) is 131 Å². The molecule has 0 aliphatic carbocycles. The lowest BCUT2D eigenvalue weighted by molar-refractivity contribution is -0.136. The highest BCUT2D eigenvalue weighted by Gasteiger charge is 2.29. The van der Waals surface area contributed by atoms with Crippen LogP contribution in [0.2, 0.25) is 0 Å². The number of ketones is 2. The Hall–Kier alpha value is -3.68. The van der Waals surface area contributed by atoms with Gasteiger partial charge in [-0.25, -0.2) is 4.68 Å². The molecule has 0 bridgehead atoms. The van der Waals surface area contributed by atoms with Crippen molar-refractivity contribution in [2.24, 2.45) is 35.1 Å². The molecule has 0 aliphatic heterocycles. The molecule has 49 heavy (non-hydrogen) atoms. The maximum atomic E-state index is 12.4. The Bertz CT molecular complexity index is 1260. The number of nitrogens with zero attached hydrogens (tertiary/aromatic N) is 3. The van der Waals surface area contributed by atoms with Gasteiger partial charge < -0.3 is 26.8 Å². The molecular weight excluding hydrogens is 630 g/mol. The van der Waals surface area contributed by atoms with Crippen molar-refractivity contribution >= 4 is 35.2 Å². The normalized spacial score (nSPS) is 13.3. The van der Waals surface area contributed by atoms with Crippen molar-refractivity contribution in [3.63, 3.8) is 0 Å². The number of carbonyl (C=O) groups is 6. The average molecular weight is 692 g/mol. The number of aryl methyl sites for hydroxylation is 1. The lowest BCUT2D eigenvalue weighted by Crippen LogP contribution is -2.38. The van der Waals surface area contributed by atoms with Crippen molar-refractivity contribution in [1.29, 1.82) is 0 Å². The van der Waals surface area contributed by atoms with E-state index in [4.69, 9.17) is 16.2 Å². The Kier molecular flexibility index (Phi) is 18.3. The van der Waals surface area contributed by atoms with Crippen LogP contribution in [0.25, 0.3) is 0 Å². The van der Waals surface area contributed by atoms with Gasteiger partial charge in [0.1, 0.15) is 11.6 Å². The van der Waals surface area contributed by atoms with E-state index in [0.29, 0.717) is 76.8 Å². The number of primary amides is 2. The summed E-state index contributed by atoms with van der Waals surface area (Å²) < 4.78 is 7.92. The van der Waals surface area contributed by atoms with Crippen molar-refractivity contribution in [1.82, 2.24) is 25.6 Å². The van der Waals surface area contributed by atoms with E-state index in [1.54, 1.807) is 38.6 Å². The van der Waals surface area contributed by atoms with Gasteiger partial charge in [-0.15, -0.1) is 5.10 Å². The quantitative estimate of drug-likeness (QED) is 0.0828. The number of carbonyl (C=O) groups excluding carboxylic acids is 6. The second kappa shape index (κ2) is 20.7. The summed E-state index contributed by atoms with van der Waals surface area (Å²) in [6.07, 6.45) is 6.49. The lowest BCUT2D eigenvalue weighted by Gasteiger charge is -2.31. The molecule has 0 spiro atoms. The molecule has 2 atom stereocenters. The number of nitrogens with two attached hydrogens (primary N) is 2. The van der Waals surface area contributed by atoms with Crippen molar-refractivity contribution in [3.8, 4) is 0 Å². The van der Waals surface area contributed by atoms with Gasteiger partial charge in [0, 0.05) is 50.4 Å². The van der Waals surface area contributed by atoms with E-state index in [2.05, 4.69) is 20.9 Å². The maximum Gasteiger partial charge on any atom is 0.228 e. The fourth-order valence-electron chi connectivity index (χ4n) is 5.11. The Morgan fingerprint density at radius 3 is 1.69 bits per heavy atom. The minimum absolute atomic E-state index is 0.0968. The summed E-state index contributed by atoms with van der Waals surface area (Å²) in [5.41, 5.74) is 10.3. The molecule has 14 heteroatoms. The zero-order valence-electron chi connectivity index (χ0n) is 30.9. The van der Waals surface area contributed by atoms with Crippen LogP contribution in [0.1, 0.15) is 119 Å². The van der Waals surface area contributed by atoms with Gasteiger partial charge in [0.25, 0.3) is 0 Å². The van der Waals surface area contributed by atoms with Gasteiger partial charge in [-0.3, -0.25) is 28.8 Å². The first-order valence-electron chi connectivity index (χ1n) is 17.5. The summed E-state index contributed by atoms with van der Waals surface area (Å²) in [7, 11) is 0. The Morgan fingerprint density at radius 1 is 0.776 bits per heavy atom. The van der Waals surface area contributed by atoms with Crippen LogP contribution in [-0.2, 0) is 45.5 Å². The smallest absolute Gasteiger partial charge is 0.228 e. The van der Waals surface area contributed by atoms with Crippen LogP contribution in [0.15, 0.2) is 6.20 Å². The average Bonchev–Trinajstić information content (AvgIpc) is 3.51. The fourth-order valence-corrected chi connectivity index (χ4v) is 5.11. The van der Waals surface area contributed by atoms with E-state index < -0.39 is 34.8 Å². The first kappa shape index (κ1) is 43.3. The standard InChI is InChI=1S/C35H61N7O7/c1-23(2)30(45)26(32(36)47)13-9-11-19-38-28(43)16-15-25-21-42(41-40-25)34(5,6)22-49-35(7,8)18-17-29(44)39-20-12-10-14-27(33(37)48)31(46)24(3)4/h21,23-24,26-27H,9-20,22H2,1-8H3,(H2,36,47)(H2,37,48)(H,38,43)(H,39,44). The molecule has 14 nitrogen and oxygen atoms in total. The molecule has 0 saturated carbocycles. The number of nitrogens with one attached hydrogen (secondary N) is 2. The van der Waals surface area contributed by atoms with Gasteiger partial charge in [-0.2, -0.15) is 0 Å². The summed E-state index contributed by atoms with van der Waals surface area (Å²) in [5, 5.41) is 14.2. The molecule has 278 valence electrons. The van der Waals surface area contributed by atoms with E-state index in [0.717, 1.165) is 0 Å². The van der Waals surface area contributed by atoms with Crippen molar-refractivity contribution < 1.29 is 33.5 Å². The van der Waals surface area contributed by atoms with Gasteiger partial charge in [-0.1, -0.05) is 45.7 Å². The van der Waals surface area contributed by atoms with E-state index in [1.165, 1.54) is 0 Å². The van der Waals surface area contributed by atoms with Crippen LogP contribution in [-0.4, -0.2) is 75.5 Å². The second-order valence-corrected chi connectivity index (χ2v) is 14.7. The van der Waals surface area contributed by atoms with Gasteiger partial charge in [-0.05, 0) is 59.8 Å². The number of ether oxygens (including phenoxy) is 1. The maximum absolute atomic E-state index is 12.4. The van der Waals surface area contributed by atoms with Crippen molar-refractivity contribution in [2.75, 3.05) is 19.7 Å². The predicted molar refractivity (Wildman–Crippen MR) is 186 cm³/mol. The molecule has 1 rings (SSSR count). The van der Waals surface area contributed by atoms with Crippen molar-refractivity contribution in [3.05, 3.63) is 11.9 Å². The summed E-state index contributed by atoms with van der Waals surface area (Å²) >= 11 is 0. The van der Waals surface area contributed by atoms with Gasteiger partial charge in [0.15, 0.2) is 0 Å². The van der Waals surface area contributed by atoms with E-state index in [-0.39, 0.29) is 48.1 Å². The van der Waals surface area contributed by atoms with E-state index in [1.807, 2.05) is 27.7 Å². The molecule has 4 amide bonds. The third-order valence-electron chi connectivity index (χ3n) is 8.53. The van der Waals surface area contributed by atoms with Crippen LogP contribution in [0.4, 0.5) is 0 Å². The minimum atomic E-state index is -0.784. The number of Topliss-reactive ketones (excluding diaryl/α,β-unsaturated/α-hetero) is 2. The highest BCUT2D eigenvalue weighted by molar-refractivity contribution is 6.02. The molecule has 2 unspecified atom stereocenters. The summed E-state index contributed by atoms with van der Waals surface area (Å²) in [5.74, 6) is -3.79. The number of hydrogen-bond acceptors (Lipinski definition) is 9. The van der Waals surface area contributed by atoms with Gasteiger partial charge in [0.2, 0.25) is 23.6 Å². The van der Waals surface area contributed by atoms with Gasteiger partial charge in [0.05, 0.1) is 35.3 Å². The first-order valence-corrected chi connectivity index (χ1v) is 17.5. The van der Waals surface area contributed by atoms with E-state index >= 15 is 0 Å². The van der Waals surface area contributed by atoms with Crippen LogP contribution in [0.3, 0.4) is 0 Å². The van der Waals surface area contributed by atoms with E-state index in [9.17, 15) is 28.8 Å². The highest BCUT2D eigenvalue weighted by Crippen LogP contribution is 2.23. The molecule has 0 fully saturated rings. The fraction of sp³-hybridized carbons (Fsp3) is 0.771. The third kappa shape index (κ3) is 16.5. The first-order chi connectivity index (χ1) is 22.8. The third-order valence-corrected chi connectivity index (χ3v) is 8.53. The highest BCUT2D eigenvalue weighted by atomic mass is 16.5. The summed E-state index contributed by atoms with van der Waals surface area (Å²) in [6, 6.07) is 0. The monoisotopic (exact) mass is 691 g/mol. The summed E-state index contributed by atoms with van der Waals surface area (Å²) in [6.45, 7) is 16.0. The van der Waals surface area contributed by atoms with Crippen LogP contribution in [0, 0.1) is 23.7 Å². The lowest BCUT2D eigenvalue weighted by atomic mass is 9.90. The number of unbranched alkanes of at least 4 members (excludes halogenated alkanes) is 2. The van der Waals surface area contributed by atoms with Crippen LogP contribution < -0.4 is 22.1 Å². The minimum Gasteiger partial charge on any atom is -0.373 e. The number of hydrogen-bond donors (Lipinski definition) is 4. The topological polar surface area (TPSA) is 218 Å². The largest absolute Gasteiger partial charge is 0.373 e. The molecule has 1 aromatic heterocycles. The molecular formula is C35H61N7O7. The Balaban J connectivity index is 2.38. The number of amides is 4. The number of rotatable bonds is 26. The number of aromatic nitrogens is 3. The SMILES string of the molecule is CC(C)C(=O)C(CCCCNC(=O)CCc1cn(C(C)(C)COC(C)(C)CCC(=O)NCCCCC(C(N)=O)C(=O)C(C)C)nn1)C(N)=O. The Morgan fingerprint density at radius 2 is 1.24 bits per heavy atom. The zero-order valence-corrected chi connectivity index (χ0v) is 30.9. The molecule has 1 heterocycles. The summed E-state index contributed by atoms with van der Waals surface area (Å²) in [4.78, 5) is 72.3. The van der Waals surface area contributed by atoms with Crippen LogP contribution >= 0.6 is 0 Å². The Labute approximate surface area is 291 Å². The predicted octanol–water partition coefficient (Wildman–Crippen LogP) is 2.75. The molecule has 0 radical (unpaired) electrons. The molecule has 6 N–H and O–H groups in total.